The predicted octanol–water partition coefficient (Wildman–Crippen LogP) is 0.614. The van der Waals surface area contributed by atoms with Crippen molar-refractivity contribution in [2.75, 3.05) is 24.4 Å². The third kappa shape index (κ3) is 6.06. The molecule has 2 amide bonds. The number of aromatic nitrogens is 3. The SMILES string of the molecule is [B]C([B])([B])NC(=O)c1cnc(NC(=O)C2CC2)cc1Nc1cccc(-c2nc(CCO)no2)c1OC. The van der Waals surface area contributed by atoms with Gasteiger partial charge in [-0.2, -0.15) is 4.98 Å². The van der Waals surface area contributed by atoms with Crippen molar-refractivity contribution in [1.82, 2.24) is 20.4 Å². The van der Waals surface area contributed by atoms with Crippen molar-refractivity contribution >= 4 is 52.5 Å². The molecule has 0 unspecified atom stereocenters. The van der Waals surface area contributed by atoms with Crippen molar-refractivity contribution in [3.63, 3.8) is 0 Å². The van der Waals surface area contributed by atoms with Crippen molar-refractivity contribution in [1.29, 1.82) is 0 Å². The van der Waals surface area contributed by atoms with Crippen LogP contribution in [0.25, 0.3) is 11.5 Å². The van der Waals surface area contributed by atoms with Crippen LogP contribution in [0.1, 0.15) is 29.0 Å². The van der Waals surface area contributed by atoms with E-state index in [0.29, 0.717) is 22.8 Å². The fraction of sp³-hybridized carbons (Fsp3) is 0.318. The number of rotatable bonds is 10. The topological polar surface area (TPSA) is 151 Å². The molecule has 2 aromatic heterocycles. The number of ether oxygens (including phenoxy) is 1. The van der Waals surface area contributed by atoms with Gasteiger partial charge in [0.2, 0.25) is 5.91 Å². The van der Waals surface area contributed by atoms with Gasteiger partial charge in [-0.1, -0.05) is 16.5 Å². The van der Waals surface area contributed by atoms with E-state index in [9.17, 15) is 9.59 Å². The molecule has 1 saturated carbocycles. The van der Waals surface area contributed by atoms with E-state index in [-0.39, 0.29) is 47.8 Å². The van der Waals surface area contributed by atoms with E-state index >= 15 is 0 Å². The molecule has 6 radical (unpaired) electrons. The van der Waals surface area contributed by atoms with Crippen LogP contribution >= 0.6 is 0 Å². The summed E-state index contributed by atoms with van der Waals surface area (Å²) in [5.74, 6) is 0.221. The third-order valence-electron chi connectivity index (χ3n) is 5.20. The van der Waals surface area contributed by atoms with Gasteiger partial charge in [-0.15, -0.1) is 0 Å². The lowest BCUT2D eigenvalue weighted by molar-refractivity contribution is -0.117. The summed E-state index contributed by atoms with van der Waals surface area (Å²) in [5, 5.41) is 19.1. The molecule has 14 heteroatoms. The predicted molar refractivity (Wildman–Crippen MR) is 133 cm³/mol. The highest BCUT2D eigenvalue weighted by molar-refractivity contribution is 6.60. The zero-order chi connectivity index (χ0) is 25.9. The number of carbonyl (C=O) groups excluding carboxylic acids is 2. The molecule has 0 saturated heterocycles. The highest BCUT2D eigenvalue weighted by atomic mass is 16.5. The van der Waals surface area contributed by atoms with Gasteiger partial charge in [-0.3, -0.25) is 9.59 Å². The molecule has 0 aliphatic heterocycles. The molecule has 1 aliphatic carbocycles. The van der Waals surface area contributed by atoms with E-state index in [1.807, 2.05) is 0 Å². The first kappa shape index (κ1) is 25.3. The zero-order valence-corrected chi connectivity index (χ0v) is 19.4. The van der Waals surface area contributed by atoms with Crippen molar-refractivity contribution in [3.8, 4) is 17.2 Å². The van der Waals surface area contributed by atoms with E-state index in [2.05, 4.69) is 31.1 Å². The van der Waals surface area contributed by atoms with E-state index in [4.69, 9.17) is 37.9 Å². The molecule has 11 nitrogen and oxygen atoms in total. The van der Waals surface area contributed by atoms with Crippen molar-refractivity contribution in [3.05, 3.63) is 41.9 Å². The van der Waals surface area contributed by atoms with Gasteiger partial charge >= 0.3 is 0 Å². The van der Waals surface area contributed by atoms with Crippen LogP contribution in [0.2, 0.25) is 0 Å². The summed E-state index contributed by atoms with van der Waals surface area (Å²) in [6.45, 7) is -0.125. The minimum atomic E-state index is -1.96. The molecular formula is C22H21B3N6O5. The Hall–Kier alpha value is -3.80. The van der Waals surface area contributed by atoms with E-state index in [0.717, 1.165) is 12.8 Å². The lowest BCUT2D eigenvalue weighted by Gasteiger charge is -2.23. The summed E-state index contributed by atoms with van der Waals surface area (Å²) < 4.78 is 10.9. The van der Waals surface area contributed by atoms with Crippen LogP contribution in [0, 0.1) is 5.92 Å². The number of methoxy groups -OCH3 is 1. The Morgan fingerprint density at radius 2 is 2.03 bits per heavy atom. The Bertz CT molecular complexity index is 1280. The van der Waals surface area contributed by atoms with E-state index < -0.39 is 11.1 Å². The molecular weight excluding hydrogens is 461 g/mol. The zero-order valence-electron chi connectivity index (χ0n) is 19.4. The monoisotopic (exact) mass is 482 g/mol. The number of pyridine rings is 1. The Balaban J connectivity index is 1.70. The maximum Gasteiger partial charge on any atom is 0.261 e. The molecule has 4 N–H and O–H groups in total. The van der Waals surface area contributed by atoms with Gasteiger partial charge in [0, 0.05) is 24.6 Å². The Kier molecular flexibility index (Phi) is 7.34. The molecule has 0 atom stereocenters. The molecule has 36 heavy (non-hydrogen) atoms. The maximum absolute atomic E-state index is 12.8. The van der Waals surface area contributed by atoms with Crippen LogP contribution in [-0.4, -0.2) is 74.5 Å². The first-order valence-electron chi connectivity index (χ1n) is 11.1. The molecule has 178 valence electrons. The number of para-hydroxylation sites is 1. The molecule has 0 spiro atoms. The molecule has 1 fully saturated rings. The molecule has 1 aliphatic rings. The second kappa shape index (κ2) is 10.4. The van der Waals surface area contributed by atoms with Gasteiger partial charge < -0.3 is 30.3 Å². The summed E-state index contributed by atoms with van der Waals surface area (Å²) in [5.41, 5.74) is 1.24. The van der Waals surface area contributed by atoms with Crippen LogP contribution in [0.5, 0.6) is 5.75 Å². The molecule has 2 heterocycles. The highest BCUT2D eigenvalue weighted by Gasteiger charge is 2.30. The van der Waals surface area contributed by atoms with Crippen molar-refractivity contribution in [2.45, 2.75) is 24.5 Å². The second-order valence-electron chi connectivity index (χ2n) is 8.27. The van der Waals surface area contributed by atoms with Crippen LogP contribution < -0.4 is 20.7 Å². The number of hydrogen-bond acceptors (Lipinski definition) is 9. The number of carbonyl (C=O) groups is 2. The Morgan fingerprint density at radius 3 is 2.69 bits per heavy atom. The van der Waals surface area contributed by atoms with Crippen LogP contribution in [0.15, 0.2) is 35.0 Å². The molecule has 4 rings (SSSR count). The summed E-state index contributed by atoms with van der Waals surface area (Å²) in [4.78, 5) is 33.5. The second-order valence-corrected chi connectivity index (χ2v) is 8.27. The quantitative estimate of drug-likeness (QED) is 0.305. The smallest absolute Gasteiger partial charge is 0.261 e. The largest absolute Gasteiger partial charge is 0.494 e. The number of nitrogens with one attached hydrogen (secondary N) is 3. The van der Waals surface area contributed by atoms with Crippen LogP contribution in [0.4, 0.5) is 17.2 Å². The fourth-order valence-electron chi connectivity index (χ4n) is 3.38. The number of aliphatic hydroxyl groups is 1. The molecule has 1 aromatic carbocycles. The van der Waals surface area contributed by atoms with E-state index in [1.165, 1.54) is 19.4 Å². The average molecular weight is 482 g/mol. The van der Waals surface area contributed by atoms with Crippen molar-refractivity contribution in [2.24, 2.45) is 5.92 Å². The first-order chi connectivity index (χ1) is 17.2. The summed E-state index contributed by atoms with van der Waals surface area (Å²) in [6.07, 6.45) is 3.15. The number of nitrogens with zero attached hydrogens (tertiary/aromatic N) is 3. The Labute approximate surface area is 211 Å². The lowest BCUT2D eigenvalue weighted by atomic mass is 9.49. The third-order valence-corrected chi connectivity index (χ3v) is 5.20. The minimum absolute atomic E-state index is 0.0413. The summed E-state index contributed by atoms with van der Waals surface area (Å²) >= 11 is 0. The minimum Gasteiger partial charge on any atom is -0.494 e. The first-order valence-corrected chi connectivity index (χ1v) is 11.1. The van der Waals surface area contributed by atoms with Gasteiger partial charge in [-0.25, -0.2) is 4.98 Å². The molecule has 0 bridgehead atoms. The summed E-state index contributed by atoms with van der Waals surface area (Å²) in [6, 6.07) is 6.64. The standard InChI is InChI=1S/C22H21B3N6O5/c1-35-18-12(21-29-16(7-8-32)31-36-21)3-2-4-14(18)27-15-9-17(28-19(33)11-5-6-11)26-10-13(15)20(34)30-22(23,24)25/h2-4,9-11,32H,5-8H2,1H3,(H,30,34)(H2,26,27,28,33). The van der Waals surface area contributed by atoms with Gasteiger partial charge in [-0.05, 0) is 25.0 Å². The number of hydrogen-bond donors (Lipinski definition) is 4. The van der Waals surface area contributed by atoms with Crippen LogP contribution in [-0.2, 0) is 11.2 Å². The average Bonchev–Trinajstić information content (AvgIpc) is 3.57. The summed E-state index contributed by atoms with van der Waals surface area (Å²) in [7, 11) is 18.1. The number of amides is 2. The van der Waals surface area contributed by atoms with Gasteiger partial charge in [0.15, 0.2) is 11.6 Å². The van der Waals surface area contributed by atoms with Crippen molar-refractivity contribution < 1.29 is 24.0 Å². The number of aliphatic hydroxyl groups excluding tert-OH is 1. The maximum atomic E-state index is 12.8. The molecule has 3 aromatic rings. The number of benzene rings is 1. The Morgan fingerprint density at radius 1 is 1.25 bits per heavy atom. The number of anilines is 3. The van der Waals surface area contributed by atoms with Crippen LogP contribution in [0.3, 0.4) is 0 Å². The van der Waals surface area contributed by atoms with Gasteiger partial charge in [0.1, 0.15) is 5.82 Å². The van der Waals surface area contributed by atoms with E-state index in [1.54, 1.807) is 18.2 Å². The lowest BCUT2D eigenvalue weighted by Crippen LogP contribution is -2.50. The fourth-order valence-corrected chi connectivity index (χ4v) is 3.38. The normalized spacial score (nSPS) is 13.2. The van der Waals surface area contributed by atoms with Gasteiger partial charge in [0.05, 0.1) is 59.8 Å². The van der Waals surface area contributed by atoms with Gasteiger partial charge in [0.25, 0.3) is 11.8 Å². The highest BCUT2D eigenvalue weighted by Crippen LogP contribution is 2.38.